The van der Waals surface area contributed by atoms with Crippen molar-refractivity contribution >= 4 is 40.0 Å². The van der Waals surface area contributed by atoms with Crippen LogP contribution in [0.2, 0.25) is 10.0 Å². The second-order valence-corrected chi connectivity index (χ2v) is 8.65. The fraction of sp³-hybridized carbons (Fsp3) is 0.304. The van der Waals surface area contributed by atoms with Gasteiger partial charge in [-0.3, -0.25) is 15.1 Å². The Morgan fingerprint density at radius 3 is 2.67 bits per heavy atom. The number of aromatic nitrogens is 1. The lowest BCUT2D eigenvalue weighted by Gasteiger charge is -2.35. The smallest absolute Gasteiger partial charge is 0.284 e. The number of hydrogen-bond acceptors (Lipinski definition) is 6. The van der Waals surface area contributed by atoms with Crippen LogP contribution in [0, 0.1) is 5.82 Å². The lowest BCUT2D eigenvalue weighted by atomic mass is 10.2. The maximum absolute atomic E-state index is 13.5. The van der Waals surface area contributed by atoms with E-state index < -0.39 is 11.9 Å². The molecule has 3 aromatic rings. The fourth-order valence-electron chi connectivity index (χ4n) is 3.58. The molecule has 1 aliphatic rings. The van der Waals surface area contributed by atoms with E-state index in [1.807, 2.05) is 11.1 Å². The van der Waals surface area contributed by atoms with Crippen LogP contribution in [0.4, 0.5) is 4.39 Å². The molecule has 10 heteroatoms. The number of fused-ring (bicyclic) bond motifs is 1. The summed E-state index contributed by atoms with van der Waals surface area (Å²) in [5, 5.41) is 13.6. The number of rotatable bonds is 7. The van der Waals surface area contributed by atoms with Crippen molar-refractivity contribution in [2.24, 2.45) is 0 Å². The van der Waals surface area contributed by atoms with E-state index in [9.17, 15) is 14.3 Å². The van der Waals surface area contributed by atoms with Gasteiger partial charge in [-0.15, -0.1) is 0 Å². The minimum Gasteiger partial charge on any atom is -0.491 e. The number of nitrogens with zero attached hydrogens (tertiary/aromatic N) is 3. The average molecular weight is 493 g/mol. The van der Waals surface area contributed by atoms with Crippen molar-refractivity contribution in [3.8, 4) is 5.75 Å². The third-order valence-corrected chi connectivity index (χ3v) is 5.86. The van der Waals surface area contributed by atoms with Gasteiger partial charge in [-0.2, -0.15) is 0 Å². The Bertz CT molecular complexity index is 1140. The Labute approximate surface area is 200 Å². The largest absolute Gasteiger partial charge is 0.491 e. The third kappa shape index (κ3) is 6.31. The van der Waals surface area contributed by atoms with Gasteiger partial charge in [-0.1, -0.05) is 29.3 Å². The topological polar surface area (TPSA) is 77.9 Å². The van der Waals surface area contributed by atoms with E-state index in [2.05, 4.69) is 15.3 Å². The molecule has 4 rings (SSSR count). The number of hydrazine groups is 1. The van der Waals surface area contributed by atoms with Crippen molar-refractivity contribution in [3.05, 3.63) is 70.1 Å². The summed E-state index contributed by atoms with van der Waals surface area (Å²) >= 11 is 11.6. The van der Waals surface area contributed by atoms with Crippen LogP contribution >= 0.6 is 23.2 Å². The molecule has 2 heterocycles. The molecule has 174 valence electrons. The first kappa shape index (κ1) is 23.7. The second kappa shape index (κ2) is 10.6. The summed E-state index contributed by atoms with van der Waals surface area (Å²) in [6.45, 7) is 2.98. The molecule has 2 aromatic carbocycles. The van der Waals surface area contributed by atoms with Gasteiger partial charge < -0.3 is 9.84 Å². The van der Waals surface area contributed by atoms with Crippen molar-refractivity contribution < 1.29 is 19.0 Å². The summed E-state index contributed by atoms with van der Waals surface area (Å²) in [6, 6.07) is 13.0. The van der Waals surface area contributed by atoms with Crippen molar-refractivity contribution in [3.63, 3.8) is 0 Å². The quantitative estimate of drug-likeness (QED) is 0.526. The van der Waals surface area contributed by atoms with Gasteiger partial charge in [-0.25, -0.2) is 14.4 Å². The number of benzene rings is 2. The Morgan fingerprint density at radius 2 is 1.91 bits per heavy atom. The summed E-state index contributed by atoms with van der Waals surface area (Å²) in [6.07, 6.45) is -0.736. The molecule has 0 aliphatic carbocycles. The van der Waals surface area contributed by atoms with Gasteiger partial charge in [0, 0.05) is 49.2 Å². The summed E-state index contributed by atoms with van der Waals surface area (Å²) in [7, 11) is 0. The van der Waals surface area contributed by atoms with Crippen molar-refractivity contribution in [1.29, 1.82) is 0 Å². The number of β-amino-alcohol motifs (C(OH)–C–C–N with tert-alkyl or cyclic N) is 1. The lowest BCUT2D eigenvalue weighted by molar-refractivity contribution is 0.0315. The number of aliphatic hydroxyl groups excluding tert-OH is 1. The normalized spacial score (nSPS) is 16.0. The zero-order chi connectivity index (χ0) is 23.4. The summed E-state index contributed by atoms with van der Waals surface area (Å²) in [4.78, 5) is 19.1. The minimum absolute atomic E-state index is 0.0224. The molecule has 1 atom stereocenters. The molecule has 7 nitrogen and oxygen atoms in total. The van der Waals surface area contributed by atoms with E-state index in [4.69, 9.17) is 27.9 Å². The predicted octanol–water partition coefficient (Wildman–Crippen LogP) is 3.38. The molecule has 0 spiro atoms. The van der Waals surface area contributed by atoms with Gasteiger partial charge in [0.15, 0.2) is 0 Å². The van der Waals surface area contributed by atoms with Gasteiger partial charge in [0.25, 0.3) is 5.91 Å². The first-order chi connectivity index (χ1) is 15.9. The SMILES string of the molecule is O=C(NN1CCN(C[C@H](O)COc2ccc(Cl)c(F)c2)CC1)c1ccc2cc(Cl)ccc2n1. The number of halogens is 3. The average Bonchev–Trinajstić information content (AvgIpc) is 2.80. The van der Waals surface area contributed by atoms with Crippen LogP contribution < -0.4 is 10.2 Å². The monoisotopic (exact) mass is 492 g/mol. The van der Waals surface area contributed by atoms with Gasteiger partial charge >= 0.3 is 0 Å². The fourth-order valence-corrected chi connectivity index (χ4v) is 3.87. The highest BCUT2D eigenvalue weighted by Gasteiger charge is 2.21. The van der Waals surface area contributed by atoms with E-state index in [1.54, 1.807) is 30.3 Å². The van der Waals surface area contributed by atoms with Crippen LogP contribution in [-0.2, 0) is 0 Å². The Morgan fingerprint density at radius 1 is 1.12 bits per heavy atom. The highest BCUT2D eigenvalue weighted by Crippen LogP contribution is 2.21. The molecular weight excluding hydrogens is 470 g/mol. The zero-order valence-corrected chi connectivity index (χ0v) is 19.2. The van der Waals surface area contributed by atoms with Crippen molar-refractivity contribution in [2.75, 3.05) is 39.3 Å². The molecule has 1 fully saturated rings. The van der Waals surface area contributed by atoms with E-state index >= 15 is 0 Å². The number of pyridine rings is 1. The van der Waals surface area contributed by atoms with E-state index in [-0.39, 0.29) is 17.5 Å². The molecular formula is C23H23Cl2FN4O3. The Balaban J connectivity index is 1.22. The number of amides is 1. The molecule has 2 N–H and O–H groups in total. The van der Waals surface area contributed by atoms with Crippen LogP contribution in [0.15, 0.2) is 48.5 Å². The van der Waals surface area contributed by atoms with E-state index in [0.29, 0.717) is 54.7 Å². The number of carbonyl (C=O) groups is 1. The van der Waals surface area contributed by atoms with Crippen molar-refractivity contribution in [1.82, 2.24) is 20.3 Å². The summed E-state index contributed by atoms with van der Waals surface area (Å²) in [5.41, 5.74) is 3.92. The highest BCUT2D eigenvalue weighted by atomic mass is 35.5. The van der Waals surface area contributed by atoms with Gasteiger partial charge in [0.1, 0.15) is 30.0 Å². The minimum atomic E-state index is -0.736. The molecule has 0 unspecified atom stereocenters. The summed E-state index contributed by atoms with van der Waals surface area (Å²) < 4.78 is 18.9. The van der Waals surface area contributed by atoms with E-state index in [1.165, 1.54) is 12.1 Å². The molecule has 0 saturated carbocycles. The van der Waals surface area contributed by atoms with E-state index in [0.717, 1.165) is 5.39 Å². The van der Waals surface area contributed by atoms with Gasteiger partial charge in [0.05, 0.1) is 10.5 Å². The Hall–Kier alpha value is -2.49. The molecule has 1 amide bonds. The highest BCUT2D eigenvalue weighted by molar-refractivity contribution is 6.31. The summed E-state index contributed by atoms with van der Waals surface area (Å²) in [5.74, 6) is -0.525. The molecule has 33 heavy (non-hydrogen) atoms. The van der Waals surface area contributed by atoms with Crippen LogP contribution in [0.5, 0.6) is 5.75 Å². The maximum Gasteiger partial charge on any atom is 0.284 e. The van der Waals surface area contributed by atoms with Crippen LogP contribution in [0.25, 0.3) is 10.9 Å². The number of ether oxygens (including phenoxy) is 1. The first-order valence-electron chi connectivity index (χ1n) is 10.5. The maximum atomic E-state index is 13.5. The van der Waals surface area contributed by atoms with Crippen LogP contribution in [-0.4, -0.2) is 71.3 Å². The predicted molar refractivity (Wildman–Crippen MR) is 125 cm³/mol. The molecule has 1 aliphatic heterocycles. The third-order valence-electron chi connectivity index (χ3n) is 5.32. The lowest BCUT2D eigenvalue weighted by Crippen LogP contribution is -2.55. The molecule has 1 saturated heterocycles. The zero-order valence-electron chi connectivity index (χ0n) is 17.7. The molecule has 0 bridgehead atoms. The number of nitrogens with one attached hydrogen (secondary N) is 1. The number of hydrogen-bond donors (Lipinski definition) is 2. The Kier molecular flexibility index (Phi) is 7.62. The van der Waals surface area contributed by atoms with Gasteiger partial charge in [-0.05, 0) is 36.4 Å². The standard InChI is InChI=1S/C23H23Cl2FN4O3/c24-16-2-6-21-15(11-16)1-5-22(27-21)23(32)28-30-9-7-29(8-10-30)13-17(31)14-33-18-3-4-19(25)20(26)12-18/h1-6,11-12,17,31H,7-10,13-14H2,(H,28,32)/t17-/m0/s1. The molecule has 0 radical (unpaired) electrons. The first-order valence-corrected chi connectivity index (χ1v) is 11.2. The van der Waals surface area contributed by atoms with Crippen LogP contribution in [0.3, 0.4) is 0 Å². The molecule has 1 aromatic heterocycles. The second-order valence-electron chi connectivity index (χ2n) is 7.80. The van der Waals surface area contributed by atoms with Crippen molar-refractivity contribution in [2.45, 2.75) is 6.10 Å². The van der Waals surface area contributed by atoms with Crippen LogP contribution in [0.1, 0.15) is 10.5 Å². The number of piperazine rings is 1. The number of aliphatic hydroxyl groups is 1. The van der Waals surface area contributed by atoms with Gasteiger partial charge in [0.2, 0.25) is 0 Å². The number of carbonyl (C=O) groups excluding carboxylic acids is 1.